The van der Waals surface area contributed by atoms with Crippen molar-refractivity contribution < 1.29 is 40.2 Å². The maximum Gasteiger partial charge on any atom is 0.416 e. The summed E-state index contributed by atoms with van der Waals surface area (Å²) >= 11 is 0. The van der Waals surface area contributed by atoms with E-state index in [-0.39, 0.29) is 18.2 Å². The second-order valence-electron chi connectivity index (χ2n) is 8.40. The van der Waals surface area contributed by atoms with E-state index in [0.29, 0.717) is 30.8 Å². The molecule has 1 fully saturated rings. The lowest BCUT2D eigenvalue weighted by atomic mass is 10.0. The first kappa shape index (κ1) is 26.1. The van der Waals surface area contributed by atoms with Gasteiger partial charge in [-0.15, -0.1) is 0 Å². The Kier molecular flexibility index (Phi) is 7.39. The zero-order chi connectivity index (χ0) is 26.1. The number of H-pyrrole nitrogens is 1. The maximum atomic E-state index is 13.6. The van der Waals surface area contributed by atoms with Crippen LogP contribution < -0.4 is 0 Å². The number of rotatable bonds is 6. The van der Waals surface area contributed by atoms with E-state index in [1.165, 1.54) is 37.5 Å². The van der Waals surface area contributed by atoms with E-state index in [2.05, 4.69) is 9.97 Å². The molecule has 36 heavy (non-hydrogen) atoms. The minimum Gasteiger partial charge on any atom is -0.349 e. The van der Waals surface area contributed by atoms with Crippen LogP contribution in [0.1, 0.15) is 47.0 Å². The van der Waals surface area contributed by atoms with Gasteiger partial charge in [0.2, 0.25) is 0 Å². The zero-order valence-corrected chi connectivity index (χ0v) is 18.9. The summed E-state index contributed by atoms with van der Waals surface area (Å²) in [6.07, 6.45) is -9.08. The van der Waals surface area contributed by atoms with Gasteiger partial charge < -0.3 is 14.5 Å². The number of hydrogen-bond donors (Lipinski definition) is 1. The smallest absolute Gasteiger partial charge is 0.349 e. The summed E-state index contributed by atoms with van der Waals surface area (Å²) in [5.74, 6) is -0.468. The third-order valence-corrected chi connectivity index (χ3v) is 5.87. The van der Waals surface area contributed by atoms with Crippen LogP contribution in [0, 0.1) is 5.82 Å². The molecule has 12 heteroatoms. The second-order valence-corrected chi connectivity index (χ2v) is 8.40. The Labute approximate surface area is 201 Å². The van der Waals surface area contributed by atoms with Gasteiger partial charge in [0, 0.05) is 25.0 Å². The summed E-state index contributed by atoms with van der Waals surface area (Å²) in [5.41, 5.74) is -1.78. The van der Waals surface area contributed by atoms with Crippen molar-refractivity contribution in [1.29, 1.82) is 0 Å². The largest absolute Gasteiger partial charge is 0.416 e. The Hall–Kier alpha value is -2.96. The molecule has 0 spiro atoms. The highest BCUT2D eigenvalue weighted by Gasteiger charge is 2.39. The van der Waals surface area contributed by atoms with E-state index in [1.54, 1.807) is 6.20 Å². The summed E-state index contributed by atoms with van der Waals surface area (Å²) in [4.78, 5) is 8.92. The van der Waals surface area contributed by atoms with Crippen molar-refractivity contribution in [2.45, 2.75) is 44.3 Å². The van der Waals surface area contributed by atoms with Gasteiger partial charge in [-0.3, -0.25) is 4.90 Å². The lowest BCUT2D eigenvalue weighted by Crippen LogP contribution is -2.46. The van der Waals surface area contributed by atoms with Crippen LogP contribution >= 0.6 is 0 Å². The number of ether oxygens (including phenoxy) is 2. The minimum absolute atomic E-state index is 0.0702. The Morgan fingerprint density at radius 3 is 2.25 bits per heavy atom. The predicted molar refractivity (Wildman–Crippen MR) is 114 cm³/mol. The van der Waals surface area contributed by atoms with Crippen LogP contribution in [-0.4, -0.2) is 34.3 Å². The molecular formula is C24H22F7N3O2. The molecule has 2 aromatic carbocycles. The number of nitrogens with one attached hydrogen (secondary N) is 1. The Bertz CT molecular complexity index is 1120. The van der Waals surface area contributed by atoms with Crippen molar-refractivity contribution in [2.75, 3.05) is 13.2 Å². The highest BCUT2D eigenvalue weighted by molar-refractivity contribution is 5.34. The standard InChI is InChI=1S/C24H22F7N3O2/c1-14(16-8-17(23(26,27)28)10-18(9-16)24(29,30)31)36-22-21(15-2-4-19(25)5-3-15)34(6-7-35-22)12-20-11-32-13-33-20/h2-5,8-11,13-14,21-22H,6-7,12H2,1H3,(H,32,33). The molecule has 3 atom stereocenters. The molecule has 0 amide bonds. The average molecular weight is 517 g/mol. The second kappa shape index (κ2) is 10.2. The van der Waals surface area contributed by atoms with E-state index >= 15 is 0 Å². The molecule has 5 nitrogen and oxygen atoms in total. The molecule has 4 rings (SSSR count). The summed E-state index contributed by atoms with van der Waals surface area (Å²) < 4.78 is 105. The number of aromatic nitrogens is 2. The third kappa shape index (κ3) is 6.05. The van der Waals surface area contributed by atoms with Crippen LogP contribution in [0.2, 0.25) is 0 Å². The van der Waals surface area contributed by atoms with E-state index in [0.717, 1.165) is 5.69 Å². The molecule has 2 heterocycles. The summed E-state index contributed by atoms with van der Waals surface area (Å²) in [7, 11) is 0. The summed E-state index contributed by atoms with van der Waals surface area (Å²) in [6, 6.07) is 6.28. The number of halogens is 7. The van der Waals surface area contributed by atoms with Crippen LogP contribution in [0.3, 0.4) is 0 Å². The minimum atomic E-state index is -4.98. The Morgan fingerprint density at radius 2 is 1.69 bits per heavy atom. The van der Waals surface area contributed by atoms with Crippen molar-refractivity contribution in [3.05, 3.63) is 88.8 Å². The molecule has 1 aliphatic rings. The molecule has 0 saturated carbocycles. The van der Waals surface area contributed by atoms with Crippen molar-refractivity contribution in [2.24, 2.45) is 0 Å². The normalized spacial score (nSPS) is 20.4. The number of benzene rings is 2. The SMILES string of the molecule is CC(OC1OCCN(Cc2cnc[nH]2)C1c1ccc(F)cc1)c1cc(C(F)(F)F)cc(C(F)(F)F)c1. The van der Waals surface area contributed by atoms with Gasteiger partial charge in [-0.2, -0.15) is 26.3 Å². The van der Waals surface area contributed by atoms with Gasteiger partial charge in [-0.05, 0) is 48.4 Å². The van der Waals surface area contributed by atoms with E-state index in [9.17, 15) is 30.7 Å². The highest BCUT2D eigenvalue weighted by atomic mass is 19.4. The van der Waals surface area contributed by atoms with E-state index in [1.807, 2.05) is 4.90 Å². The van der Waals surface area contributed by atoms with Crippen molar-refractivity contribution in [3.63, 3.8) is 0 Å². The van der Waals surface area contributed by atoms with Gasteiger partial charge in [-0.25, -0.2) is 9.37 Å². The number of imidazole rings is 1. The molecule has 194 valence electrons. The fraction of sp³-hybridized carbons (Fsp3) is 0.375. The topological polar surface area (TPSA) is 50.4 Å². The monoisotopic (exact) mass is 517 g/mol. The number of morpholine rings is 1. The van der Waals surface area contributed by atoms with Gasteiger partial charge in [0.05, 0.1) is 36.2 Å². The van der Waals surface area contributed by atoms with Crippen molar-refractivity contribution >= 4 is 0 Å². The first-order valence-electron chi connectivity index (χ1n) is 10.9. The van der Waals surface area contributed by atoms with Gasteiger partial charge in [0.15, 0.2) is 6.29 Å². The lowest BCUT2D eigenvalue weighted by molar-refractivity contribution is -0.231. The number of aromatic amines is 1. The summed E-state index contributed by atoms with van der Waals surface area (Å²) in [5, 5.41) is 0. The van der Waals surface area contributed by atoms with Crippen LogP contribution in [-0.2, 0) is 28.4 Å². The molecule has 1 aromatic heterocycles. The molecule has 0 aliphatic carbocycles. The maximum absolute atomic E-state index is 13.6. The van der Waals surface area contributed by atoms with Gasteiger partial charge in [0.1, 0.15) is 5.82 Å². The van der Waals surface area contributed by atoms with Crippen LogP contribution in [0.15, 0.2) is 55.0 Å². The van der Waals surface area contributed by atoms with Crippen LogP contribution in [0.5, 0.6) is 0 Å². The van der Waals surface area contributed by atoms with Crippen molar-refractivity contribution in [3.8, 4) is 0 Å². The molecule has 0 bridgehead atoms. The van der Waals surface area contributed by atoms with Gasteiger partial charge >= 0.3 is 12.4 Å². The fourth-order valence-corrected chi connectivity index (χ4v) is 4.09. The zero-order valence-electron chi connectivity index (χ0n) is 18.9. The molecule has 0 radical (unpaired) electrons. The fourth-order valence-electron chi connectivity index (χ4n) is 4.09. The third-order valence-electron chi connectivity index (χ3n) is 5.87. The van der Waals surface area contributed by atoms with Crippen LogP contribution in [0.25, 0.3) is 0 Å². The lowest BCUT2D eigenvalue weighted by Gasteiger charge is -2.42. The van der Waals surface area contributed by atoms with Crippen LogP contribution in [0.4, 0.5) is 30.7 Å². The van der Waals surface area contributed by atoms with Crippen molar-refractivity contribution in [1.82, 2.24) is 14.9 Å². The number of alkyl halides is 6. The molecular weight excluding hydrogens is 495 g/mol. The number of hydrogen-bond acceptors (Lipinski definition) is 4. The first-order chi connectivity index (χ1) is 16.9. The molecule has 1 saturated heterocycles. The Balaban J connectivity index is 1.66. The van der Waals surface area contributed by atoms with E-state index < -0.39 is 47.7 Å². The average Bonchev–Trinajstić information content (AvgIpc) is 3.32. The molecule has 3 aromatic rings. The first-order valence-corrected chi connectivity index (χ1v) is 10.9. The quantitative estimate of drug-likeness (QED) is 0.392. The molecule has 3 unspecified atom stereocenters. The summed E-state index contributed by atoms with van der Waals surface area (Å²) in [6.45, 7) is 2.37. The highest BCUT2D eigenvalue weighted by Crippen LogP contribution is 2.39. The number of nitrogens with zero attached hydrogens (tertiary/aromatic N) is 2. The Morgan fingerprint density at radius 1 is 1.06 bits per heavy atom. The predicted octanol–water partition coefficient (Wildman–Crippen LogP) is 6.26. The van der Waals surface area contributed by atoms with Gasteiger partial charge in [-0.1, -0.05) is 12.1 Å². The molecule has 1 aliphatic heterocycles. The van der Waals surface area contributed by atoms with Gasteiger partial charge in [0.25, 0.3) is 0 Å². The molecule has 1 N–H and O–H groups in total. The van der Waals surface area contributed by atoms with E-state index in [4.69, 9.17) is 9.47 Å².